The zero-order valence-electron chi connectivity index (χ0n) is 13.6. The van der Waals surface area contributed by atoms with Gasteiger partial charge in [0.15, 0.2) is 5.76 Å². The molecule has 4 N–H and O–H groups in total. The maximum absolute atomic E-state index is 12.2. The zero-order chi connectivity index (χ0) is 17.4. The van der Waals surface area contributed by atoms with Gasteiger partial charge in [0.2, 0.25) is 11.8 Å². The normalized spacial score (nSPS) is 17.4. The highest BCUT2D eigenvalue weighted by atomic mass is 16.3. The number of nitrogens with one attached hydrogen (secondary N) is 2. The summed E-state index contributed by atoms with van der Waals surface area (Å²) in [7, 11) is 0. The molecule has 0 aromatic carbocycles. The summed E-state index contributed by atoms with van der Waals surface area (Å²) in [6.45, 7) is 2.14. The summed E-state index contributed by atoms with van der Waals surface area (Å²) in [5.74, 6) is -0.426. The smallest absolute Gasteiger partial charge is 0.286 e. The second-order valence-corrected chi connectivity index (χ2v) is 5.74. The van der Waals surface area contributed by atoms with Gasteiger partial charge in [-0.1, -0.05) is 0 Å². The summed E-state index contributed by atoms with van der Waals surface area (Å²) in [5, 5.41) is 5.41. The molecule has 1 aliphatic heterocycles. The van der Waals surface area contributed by atoms with Crippen LogP contribution in [0.15, 0.2) is 22.8 Å². The molecule has 132 valence electrons. The molecule has 1 fully saturated rings. The summed E-state index contributed by atoms with van der Waals surface area (Å²) >= 11 is 0. The number of hydrogen-bond acceptors (Lipinski definition) is 5. The predicted molar refractivity (Wildman–Crippen MR) is 87.0 cm³/mol. The lowest BCUT2D eigenvalue weighted by atomic mass is 9.97. The number of nitrogens with two attached hydrogens (primary N) is 1. The van der Waals surface area contributed by atoms with Crippen molar-refractivity contribution >= 4 is 17.7 Å². The van der Waals surface area contributed by atoms with Crippen LogP contribution in [0.4, 0.5) is 0 Å². The second kappa shape index (κ2) is 9.07. The van der Waals surface area contributed by atoms with E-state index in [1.807, 2.05) is 0 Å². The van der Waals surface area contributed by atoms with E-state index in [1.54, 1.807) is 17.0 Å². The fourth-order valence-electron chi connectivity index (χ4n) is 2.69. The van der Waals surface area contributed by atoms with Crippen molar-refractivity contribution in [3.63, 3.8) is 0 Å². The van der Waals surface area contributed by atoms with Gasteiger partial charge in [-0.05, 0) is 25.0 Å². The van der Waals surface area contributed by atoms with Crippen molar-refractivity contribution in [2.75, 3.05) is 32.7 Å². The Labute approximate surface area is 140 Å². The first-order valence-corrected chi connectivity index (χ1v) is 8.19. The Hall–Kier alpha value is -2.35. The van der Waals surface area contributed by atoms with E-state index in [9.17, 15) is 14.4 Å². The quantitative estimate of drug-likeness (QED) is 0.632. The second-order valence-electron chi connectivity index (χ2n) is 5.74. The summed E-state index contributed by atoms with van der Waals surface area (Å²) in [6.07, 6.45) is 3.19. The van der Waals surface area contributed by atoms with Gasteiger partial charge in [-0.3, -0.25) is 14.4 Å². The molecular weight excluding hydrogens is 312 g/mol. The number of hydrogen-bond donors (Lipinski definition) is 3. The molecule has 1 saturated heterocycles. The van der Waals surface area contributed by atoms with Crippen LogP contribution in [0, 0.1) is 5.92 Å². The standard InChI is InChI=1S/C16H24N4O4/c17-6-8-19-15(22)12-3-1-9-20(11-12)14(21)5-7-18-16(23)13-4-2-10-24-13/h2,4,10,12H,1,3,5-9,11,17H2,(H,18,23)(H,19,22). The molecule has 0 spiro atoms. The highest BCUT2D eigenvalue weighted by Crippen LogP contribution is 2.17. The summed E-state index contributed by atoms with van der Waals surface area (Å²) in [6, 6.07) is 3.19. The van der Waals surface area contributed by atoms with Crippen LogP contribution in [-0.4, -0.2) is 55.3 Å². The van der Waals surface area contributed by atoms with Crippen molar-refractivity contribution in [3.05, 3.63) is 24.2 Å². The first-order valence-electron chi connectivity index (χ1n) is 8.19. The first kappa shape index (κ1) is 18.0. The minimum atomic E-state index is -0.342. The van der Waals surface area contributed by atoms with Crippen LogP contribution < -0.4 is 16.4 Å². The molecule has 1 aromatic heterocycles. The number of nitrogens with zero attached hydrogens (tertiary/aromatic N) is 1. The van der Waals surface area contributed by atoms with Gasteiger partial charge in [-0.2, -0.15) is 0 Å². The molecule has 8 nitrogen and oxygen atoms in total. The number of furan rings is 1. The summed E-state index contributed by atoms with van der Waals surface area (Å²) in [5.41, 5.74) is 5.38. The van der Waals surface area contributed by atoms with Crippen LogP contribution in [0.5, 0.6) is 0 Å². The number of carbonyl (C=O) groups excluding carboxylic acids is 3. The van der Waals surface area contributed by atoms with E-state index in [1.165, 1.54) is 6.26 Å². The highest BCUT2D eigenvalue weighted by molar-refractivity contribution is 5.91. The van der Waals surface area contributed by atoms with Gasteiger partial charge in [0.05, 0.1) is 12.2 Å². The highest BCUT2D eigenvalue weighted by Gasteiger charge is 2.27. The predicted octanol–water partition coefficient (Wildman–Crippen LogP) is -0.287. The maximum atomic E-state index is 12.2. The lowest BCUT2D eigenvalue weighted by Gasteiger charge is -2.32. The van der Waals surface area contributed by atoms with Crippen molar-refractivity contribution < 1.29 is 18.8 Å². The Morgan fingerprint density at radius 1 is 1.29 bits per heavy atom. The van der Waals surface area contributed by atoms with Gasteiger partial charge < -0.3 is 25.7 Å². The van der Waals surface area contributed by atoms with E-state index in [0.717, 1.165) is 12.8 Å². The fraction of sp³-hybridized carbons (Fsp3) is 0.562. The fourth-order valence-corrected chi connectivity index (χ4v) is 2.69. The Morgan fingerprint density at radius 2 is 2.12 bits per heavy atom. The molecule has 1 aromatic rings. The third kappa shape index (κ3) is 5.09. The van der Waals surface area contributed by atoms with E-state index in [2.05, 4.69) is 10.6 Å². The van der Waals surface area contributed by atoms with Gasteiger partial charge in [0, 0.05) is 39.1 Å². The molecule has 3 amide bonds. The van der Waals surface area contributed by atoms with E-state index in [0.29, 0.717) is 26.2 Å². The molecule has 24 heavy (non-hydrogen) atoms. The van der Waals surface area contributed by atoms with Crippen LogP contribution in [0.3, 0.4) is 0 Å². The molecule has 1 aliphatic rings. The maximum Gasteiger partial charge on any atom is 0.286 e. The van der Waals surface area contributed by atoms with Crippen LogP contribution >= 0.6 is 0 Å². The van der Waals surface area contributed by atoms with Gasteiger partial charge in [-0.15, -0.1) is 0 Å². The Kier molecular flexibility index (Phi) is 6.80. The van der Waals surface area contributed by atoms with Crippen LogP contribution in [0.1, 0.15) is 29.8 Å². The molecule has 0 radical (unpaired) electrons. The van der Waals surface area contributed by atoms with Crippen molar-refractivity contribution in [1.82, 2.24) is 15.5 Å². The zero-order valence-corrected chi connectivity index (χ0v) is 13.6. The van der Waals surface area contributed by atoms with E-state index in [4.69, 9.17) is 10.2 Å². The number of rotatable bonds is 7. The van der Waals surface area contributed by atoms with Crippen molar-refractivity contribution in [2.45, 2.75) is 19.3 Å². The first-order chi connectivity index (χ1) is 11.6. The third-order valence-corrected chi connectivity index (χ3v) is 3.96. The Bertz CT molecular complexity index is 558. The third-order valence-electron chi connectivity index (χ3n) is 3.96. The monoisotopic (exact) mass is 336 g/mol. The van der Waals surface area contributed by atoms with E-state index < -0.39 is 0 Å². The van der Waals surface area contributed by atoms with Gasteiger partial charge >= 0.3 is 0 Å². The molecular formula is C16H24N4O4. The lowest BCUT2D eigenvalue weighted by Crippen LogP contribution is -2.46. The molecule has 0 saturated carbocycles. The molecule has 2 rings (SSSR count). The molecule has 8 heteroatoms. The Morgan fingerprint density at radius 3 is 2.83 bits per heavy atom. The topological polar surface area (TPSA) is 118 Å². The summed E-state index contributed by atoms with van der Waals surface area (Å²) < 4.78 is 4.98. The minimum absolute atomic E-state index is 0.0518. The molecule has 2 heterocycles. The van der Waals surface area contributed by atoms with Crippen LogP contribution in [0.25, 0.3) is 0 Å². The SMILES string of the molecule is NCCNC(=O)C1CCCN(C(=O)CCNC(=O)c2ccco2)C1. The largest absolute Gasteiger partial charge is 0.459 e. The van der Waals surface area contributed by atoms with Crippen molar-refractivity contribution in [3.8, 4) is 0 Å². The number of likely N-dealkylation sites (tertiary alicyclic amines) is 1. The molecule has 0 bridgehead atoms. The van der Waals surface area contributed by atoms with Crippen LogP contribution in [-0.2, 0) is 9.59 Å². The van der Waals surface area contributed by atoms with Gasteiger partial charge in [0.25, 0.3) is 5.91 Å². The lowest BCUT2D eigenvalue weighted by molar-refractivity contribution is -0.135. The number of piperidine rings is 1. The van der Waals surface area contributed by atoms with Crippen molar-refractivity contribution in [1.29, 1.82) is 0 Å². The van der Waals surface area contributed by atoms with E-state index >= 15 is 0 Å². The molecule has 0 aliphatic carbocycles. The average Bonchev–Trinajstić information content (AvgIpc) is 3.14. The summed E-state index contributed by atoms with van der Waals surface area (Å²) in [4.78, 5) is 37.6. The van der Waals surface area contributed by atoms with E-state index in [-0.39, 0.29) is 42.4 Å². The van der Waals surface area contributed by atoms with Gasteiger partial charge in [-0.25, -0.2) is 0 Å². The average molecular weight is 336 g/mol. The van der Waals surface area contributed by atoms with Crippen LogP contribution in [0.2, 0.25) is 0 Å². The minimum Gasteiger partial charge on any atom is -0.459 e. The molecule has 1 atom stereocenters. The Balaban J connectivity index is 1.73. The van der Waals surface area contributed by atoms with Gasteiger partial charge in [0.1, 0.15) is 0 Å². The van der Waals surface area contributed by atoms with Crippen molar-refractivity contribution in [2.24, 2.45) is 11.7 Å². The number of amides is 3. The molecule has 1 unspecified atom stereocenters. The number of carbonyl (C=O) groups is 3.